The second-order valence-electron chi connectivity index (χ2n) is 5.67. The van der Waals surface area contributed by atoms with Crippen molar-refractivity contribution in [3.05, 3.63) is 34.3 Å². The van der Waals surface area contributed by atoms with Gasteiger partial charge in [-0.15, -0.1) is 0 Å². The second kappa shape index (κ2) is 7.64. The van der Waals surface area contributed by atoms with Crippen LogP contribution in [0.3, 0.4) is 0 Å². The number of hydrogen-bond acceptors (Lipinski definition) is 4. The van der Waals surface area contributed by atoms with E-state index in [-0.39, 0.29) is 5.84 Å². The van der Waals surface area contributed by atoms with Crippen LogP contribution in [0.2, 0.25) is 5.02 Å². The van der Waals surface area contributed by atoms with E-state index in [0.29, 0.717) is 10.6 Å². The lowest BCUT2D eigenvalue weighted by Gasteiger charge is -2.29. The van der Waals surface area contributed by atoms with Crippen molar-refractivity contribution in [2.75, 3.05) is 26.7 Å². The molecule has 0 spiro atoms. The number of halogens is 1. The van der Waals surface area contributed by atoms with Crippen LogP contribution in [0.4, 0.5) is 0 Å². The van der Waals surface area contributed by atoms with Crippen molar-refractivity contribution in [3.8, 4) is 0 Å². The molecule has 0 aromatic heterocycles. The van der Waals surface area contributed by atoms with Crippen molar-refractivity contribution >= 4 is 17.4 Å². The van der Waals surface area contributed by atoms with Gasteiger partial charge in [-0.25, -0.2) is 0 Å². The van der Waals surface area contributed by atoms with E-state index in [4.69, 9.17) is 22.5 Å². The number of nitrogens with two attached hydrogens (primary N) is 1. The molecule has 5 nitrogen and oxygen atoms in total. The van der Waals surface area contributed by atoms with E-state index in [1.54, 1.807) is 6.07 Å². The van der Waals surface area contributed by atoms with Crippen LogP contribution >= 0.6 is 11.6 Å². The van der Waals surface area contributed by atoms with E-state index in [2.05, 4.69) is 22.4 Å². The molecule has 0 atom stereocenters. The third kappa shape index (κ3) is 4.59. The number of nitrogens with one attached hydrogen (secondary N) is 1. The number of amidine groups is 1. The molecule has 6 heteroatoms. The summed E-state index contributed by atoms with van der Waals surface area (Å²) in [4.78, 5) is 2.37. The molecular weight excluding hydrogens is 288 g/mol. The van der Waals surface area contributed by atoms with Gasteiger partial charge in [0.2, 0.25) is 0 Å². The van der Waals surface area contributed by atoms with Crippen LogP contribution in [0, 0.1) is 5.92 Å². The minimum atomic E-state index is 0.0720. The topological polar surface area (TPSA) is 73.9 Å². The molecule has 21 heavy (non-hydrogen) atoms. The van der Waals surface area contributed by atoms with E-state index >= 15 is 0 Å². The molecule has 116 valence electrons. The first-order valence-electron chi connectivity index (χ1n) is 7.25. The highest BCUT2D eigenvalue weighted by atomic mass is 35.5. The molecule has 4 N–H and O–H groups in total. The molecule has 1 saturated heterocycles. The lowest BCUT2D eigenvalue weighted by molar-refractivity contribution is 0.216. The van der Waals surface area contributed by atoms with Gasteiger partial charge >= 0.3 is 0 Å². The SMILES string of the molecule is CN1CCC(CNCc2ccc(/C(N)=N/O)cc2Cl)CC1. The molecule has 0 radical (unpaired) electrons. The van der Waals surface area contributed by atoms with Gasteiger partial charge in [0.05, 0.1) is 0 Å². The fraction of sp³-hybridized carbons (Fsp3) is 0.533. The molecule has 1 aliphatic rings. The molecule has 1 aromatic carbocycles. The Morgan fingerprint density at radius 3 is 2.81 bits per heavy atom. The van der Waals surface area contributed by atoms with Crippen LogP contribution < -0.4 is 11.1 Å². The van der Waals surface area contributed by atoms with Gasteiger partial charge < -0.3 is 21.2 Å². The monoisotopic (exact) mass is 310 g/mol. The van der Waals surface area contributed by atoms with Gasteiger partial charge in [-0.3, -0.25) is 0 Å². The fourth-order valence-electron chi connectivity index (χ4n) is 2.58. The third-order valence-electron chi connectivity index (χ3n) is 4.04. The first-order valence-corrected chi connectivity index (χ1v) is 7.63. The van der Waals surface area contributed by atoms with Gasteiger partial charge in [-0.1, -0.05) is 28.9 Å². The Hall–Kier alpha value is -1.30. The molecule has 0 aliphatic carbocycles. The van der Waals surface area contributed by atoms with Gasteiger partial charge in [-0.2, -0.15) is 0 Å². The van der Waals surface area contributed by atoms with Gasteiger partial charge in [-0.05, 0) is 57.1 Å². The Kier molecular flexibility index (Phi) is 5.85. The summed E-state index contributed by atoms with van der Waals surface area (Å²) in [6.07, 6.45) is 2.50. The zero-order valence-electron chi connectivity index (χ0n) is 12.3. The van der Waals surface area contributed by atoms with Crippen molar-refractivity contribution in [2.45, 2.75) is 19.4 Å². The van der Waals surface area contributed by atoms with Crippen LogP contribution in [-0.2, 0) is 6.54 Å². The average molecular weight is 311 g/mol. The maximum atomic E-state index is 8.66. The standard InChI is InChI=1S/C15H23ClN4O/c1-20-6-4-11(5-7-20)9-18-10-13-3-2-12(8-14(13)16)15(17)19-21/h2-3,8,11,18,21H,4-7,9-10H2,1H3,(H2,17,19). The highest BCUT2D eigenvalue weighted by molar-refractivity contribution is 6.31. The predicted octanol–water partition coefficient (Wildman–Crippen LogP) is 1.87. The zero-order valence-corrected chi connectivity index (χ0v) is 13.1. The molecule has 1 fully saturated rings. The summed E-state index contributed by atoms with van der Waals surface area (Å²) in [5.74, 6) is 0.819. The van der Waals surface area contributed by atoms with Gasteiger partial charge in [0.25, 0.3) is 0 Å². The smallest absolute Gasteiger partial charge is 0.170 e. The lowest BCUT2D eigenvalue weighted by atomic mass is 9.97. The minimum absolute atomic E-state index is 0.0720. The average Bonchev–Trinajstić information content (AvgIpc) is 2.50. The Balaban J connectivity index is 1.83. The predicted molar refractivity (Wildman–Crippen MR) is 85.9 cm³/mol. The summed E-state index contributed by atoms with van der Waals surface area (Å²) in [5.41, 5.74) is 7.20. The molecule has 1 aliphatic heterocycles. The number of hydrogen-bond donors (Lipinski definition) is 3. The number of benzene rings is 1. The van der Waals surface area contributed by atoms with Gasteiger partial charge in [0.1, 0.15) is 0 Å². The highest BCUT2D eigenvalue weighted by Gasteiger charge is 2.16. The van der Waals surface area contributed by atoms with E-state index in [0.717, 1.165) is 24.6 Å². The molecular formula is C15H23ClN4O. The normalized spacial score (nSPS) is 18.1. The van der Waals surface area contributed by atoms with Crippen LogP contribution in [0.15, 0.2) is 23.4 Å². The molecule has 0 saturated carbocycles. The number of oxime groups is 1. The van der Waals surface area contributed by atoms with E-state index < -0.39 is 0 Å². The first kappa shape index (κ1) is 16.1. The summed E-state index contributed by atoms with van der Waals surface area (Å²) in [6, 6.07) is 5.45. The van der Waals surface area contributed by atoms with E-state index in [1.807, 2.05) is 12.1 Å². The number of rotatable bonds is 5. The summed E-state index contributed by atoms with van der Waals surface area (Å²) in [5, 5.41) is 15.7. The van der Waals surface area contributed by atoms with Crippen LogP contribution in [0.25, 0.3) is 0 Å². The Morgan fingerprint density at radius 2 is 2.19 bits per heavy atom. The highest BCUT2D eigenvalue weighted by Crippen LogP contribution is 2.19. The molecule has 0 unspecified atom stereocenters. The Bertz CT molecular complexity index is 498. The second-order valence-corrected chi connectivity index (χ2v) is 6.08. The minimum Gasteiger partial charge on any atom is -0.409 e. The van der Waals surface area contributed by atoms with Crippen LogP contribution in [0.5, 0.6) is 0 Å². The molecule has 0 amide bonds. The first-order chi connectivity index (χ1) is 10.1. The van der Waals surface area contributed by atoms with Crippen LogP contribution in [0.1, 0.15) is 24.0 Å². The lowest BCUT2D eigenvalue weighted by Crippen LogP contribution is -2.34. The van der Waals surface area contributed by atoms with Crippen LogP contribution in [-0.4, -0.2) is 42.6 Å². The quantitative estimate of drug-likeness (QED) is 0.336. The largest absolute Gasteiger partial charge is 0.409 e. The summed E-state index contributed by atoms with van der Waals surface area (Å²) >= 11 is 6.23. The molecule has 1 heterocycles. The van der Waals surface area contributed by atoms with Gasteiger partial charge in [0.15, 0.2) is 5.84 Å². The summed E-state index contributed by atoms with van der Waals surface area (Å²) in [6.45, 7) is 4.12. The zero-order chi connectivity index (χ0) is 15.2. The van der Waals surface area contributed by atoms with Crippen molar-refractivity contribution in [2.24, 2.45) is 16.8 Å². The molecule has 1 aromatic rings. The number of likely N-dealkylation sites (tertiary alicyclic amines) is 1. The third-order valence-corrected chi connectivity index (χ3v) is 4.40. The number of nitrogens with zero attached hydrogens (tertiary/aromatic N) is 2. The van der Waals surface area contributed by atoms with E-state index in [9.17, 15) is 0 Å². The number of piperidine rings is 1. The fourth-order valence-corrected chi connectivity index (χ4v) is 2.83. The maximum Gasteiger partial charge on any atom is 0.170 e. The van der Waals surface area contributed by atoms with Crippen molar-refractivity contribution < 1.29 is 5.21 Å². The molecule has 2 rings (SSSR count). The summed E-state index contributed by atoms with van der Waals surface area (Å²) < 4.78 is 0. The summed E-state index contributed by atoms with van der Waals surface area (Å²) in [7, 11) is 2.17. The maximum absolute atomic E-state index is 8.66. The van der Waals surface area contributed by atoms with Gasteiger partial charge in [0, 0.05) is 17.1 Å². The molecule has 0 bridgehead atoms. The Morgan fingerprint density at radius 1 is 1.48 bits per heavy atom. The van der Waals surface area contributed by atoms with E-state index in [1.165, 1.54) is 25.9 Å². The van der Waals surface area contributed by atoms with Crippen molar-refractivity contribution in [3.63, 3.8) is 0 Å². The Labute approximate surface area is 130 Å². The van der Waals surface area contributed by atoms with Crippen molar-refractivity contribution in [1.29, 1.82) is 0 Å². The van der Waals surface area contributed by atoms with Crippen molar-refractivity contribution in [1.82, 2.24) is 10.2 Å².